The van der Waals surface area contributed by atoms with Crippen molar-refractivity contribution >= 4 is 0 Å². The van der Waals surface area contributed by atoms with Crippen molar-refractivity contribution in [3.8, 4) is 0 Å². The number of hydrogen-bond donors (Lipinski definition) is 1. The van der Waals surface area contributed by atoms with Crippen molar-refractivity contribution < 1.29 is 14.2 Å². The molecule has 0 aromatic rings. The largest absolute Gasteiger partial charge is 0.382 e. The first-order valence-corrected chi connectivity index (χ1v) is 4.06. The molecule has 0 atom stereocenters. The molecule has 0 rings (SSSR count). The second-order valence-corrected chi connectivity index (χ2v) is 2.69. The first-order chi connectivity index (χ1) is 5.74. The minimum Gasteiger partial charge on any atom is -0.382 e. The molecule has 0 aliphatic rings. The Bertz CT molecular complexity index is 91.5. The van der Waals surface area contributed by atoms with Crippen molar-refractivity contribution in [2.45, 2.75) is 12.5 Å². The quantitative estimate of drug-likeness (QED) is 0.595. The van der Waals surface area contributed by atoms with Crippen molar-refractivity contribution in [2.24, 2.45) is 5.73 Å². The fourth-order valence-corrected chi connectivity index (χ4v) is 1.13. The molecule has 0 aliphatic heterocycles. The van der Waals surface area contributed by atoms with Gasteiger partial charge in [-0.05, 0) is 6.92 Å². The molecule has 0 radical (unpaired) electrons. The van der Waals surface area contributed by atoms with Gasteiger partial charge in [0, 0.05) is 27.4 Å². The summed E-state index contributed by atoms with van der Waals surface area (Å²) in [5.41, 5.74) is 5.11. The summed E-state index contributed by atoms with van der Waals surface area (Å²) in [5, 5.41) is 0. The average molecular weight is 177 g/mol. The van der Waals surface area contributed by atoms with Gasteiger partial charge >= 0.3 is 0 Å². The monoisotopic (exact) mass is 177 g/mol. The summed E-state index contributed by atoms with van der Waals surface area (Å²) < 4.78 is 15.5. The lowest BCUT2D eigenvalue weighted by atomic mass is 10.1. The Morgan fingerprint density at radius 3 is 1.92 bits per heavy atom. The van der Waals surface area contributed by atoms with E-state index in [1.54, 1.807) is 14.2 Å². The minimum atomic E-state index is -0.474. The van der Waals surface area contributed by atoms with Crippen LogP contribution in [0.3, 0.4) is 0 Å². The van der Waals surface area contributed by atoms with Gasteiger partial charge in [0.2, 0.25) is 0 Å². The Morgan fingerprint density at radius 1 is 1.17 bits per heavy atom. The summed E-state index contributed by atoms with van der Waals surface area (Å²) in [6, 6.07) is 0. The summed E-state index contributed by atoms with van der Waals surface area (Å²) in [6.07, 6.45) is 0. The van der Waals surface area contributed by atoms with E-state index in [1.807, 2.05) is 6.92 Å². The lowest BCUT2D eigenvalue weighted by Crippen LogP contribution is -2.48. The number of hydrogen-bond acceptors (Lipinski definition) is 4. The smallest absolute Gasteiger partial charge is 0.127 e. The molecule has 0 aromatic heterocycles. The Balaban J connectivity index is 4.06. The van der Waals surface area contributed by atoms with Crippen LogP contribution in [0.1, 0.15) is 6.92 Å². The summed E-state index contributed by atoms with van der Waals surface area (Å²) in [5.74, 6) is 0. The molecule has 0 saturated carbocycles. The van der Waals surface area contributed by atoms with Crippen LogP contribution in [0.25, 0.3) is 0 Å². The molecule has 0 bridgehead atoms. The molecule has 0 amide bonds. The van der Waals surface area contributed by atoms with Gasteiger partial charge in [0.15, 0.2) is 0 Å². The molecule has 4 nitrogen and oxygen atoms in total. The second kappa shape index (κ2) is 6.37. The van der Waals surface area contributed by atoms with Crippen molar-refractivity contribution in [1.29, 1.82) is 0 Å². The minimum absolute atomic E-state index is 0.405. The van der Waals surface area contributed by atoms with Gasteiger partial charge in [0.25, 0.3) is 0 Å². The van der Waals surface area contributed by atoms with E-state index in [0.29, 0.717) is 26.4 Å². The Kier molecular flexibility index (Phi) is 6.28. The highest BCUT2D eigenvalue weighted by molar-refractivity contribution is 4.81. The maximum atomic E-state index is 5.58. The molecule has 12 heavy (non-hydrogen) atoms. The van der Waals surface area contributed by atoms with E-state index >= 15 is 0 Å². The highest BCUT2D eigenvalue weighted by Gasteiger charge is 2.29. The van der Waals surface area contributed by atoms with Gasteiger partial charge in [-0.3, -0.25) is 0 Å². The van der Waals surface area contributed by atoms with Gasteiger partial charge in [0.1, 0.15) is 5.60 Å². The molecule has 0 aromatic carbocycles. The summed E-state index contributed by atoms with van der Waals surface area (Å²) in [4.78, 5) is 0. The third-order valence-electron chi connectivity index (χ3n) is 1.64. The highest BCUT2D eigenvalue weighted by atomic mass is 16.6. The maximum Gasteiger partial charge on any atom is 0.127 e. The van der Waals surface area contributed by atoms with Crippen LogP contribution in [-0.4, -0.2) is 46.2 Å². The van der Waals surface area contributed by atoms with E-state index in [1.165, 1.54) is 0 Å². The molecule has 0 aliphatic carbocycles. The van der Waals surface area contributed by atoms with Gasteiger partial charge in [-0.25, -0.2) is 0 Å². The first-order valence-electron chi connectivity index (χ1n) is 4.06. The maximum absolute atomic E-state index is 5.58. The van der Waals surface area contributed by atoms with E-state index in [-0.39, 0.29) is 0 Å². The zero-order valence-electron chi connectivity index (χ0n) is 8.13. The van der Waals surface area contributed by atoms with E-state index in [4.69, 9.17) is 19.9 Å². The van der Waals surface area contributed by atoms with Crippen molar-refractivity contribution in [2.75, 3.05) is 40.6 Å². The zero-order valence-corrected chi connectivity index (χ0v) is 8.13. The molecule has 0 unspecified atom stereocenters. The summed E-state index contributed by atoms with van der Waals surface area (Å²) >= 11 is 0. The third-order valence-corrected chi connectivity index (χ3v) is 1.64. The van der Waals surface area contributed by atoms with Crippen LogP contribution in [0.4, 0.5) is 0 Å². The van der Waals surface area contributed by atoms with Crippen LogP contribution in [0.5, 0.6) is 0 Å². The van der Waals surface area contributed by atoms with Gasteiger partial charge < -0.3 is 19.9 Å². The normalized spacial score (nSPS) is 12.0. The summed E-state index contributed by atoms with van der Waals surface area (Å²) in [6.45, 7) is 3.87. The van der Waals surface area contributed by atoms with Gasteiger partial charge in [-0.2, -0.15) is 0 Å². The van der Waals surface area contributed by atoms with Crippen molar-refractivity contribution in [3.63, 3.8) is 0 Å². The van der Waals surface area contributed by atoms with Crippen molar-refractivity contribution in [3.05, 3.63) is 0 Å². The van der Waals surface area contributed by atoms with Crippen LogP contribution >= 0.6 is 0 Å². The predicted molar refractivity (Wildman–Crippen MR) is 47.2 cm³/mol. The van der Waals surface area contributed by atoms with Crippen molar-refractivity contribution in [1.82, 2.24) is 0 Å². The molecule has 0 spiro atoms. The molecular formula is C8H19NO3. The van der Waals surface area contributed by atoms with E-state index in [2.05, 4.69) is 0 Å². The molecule has 2 N–H and O–H groups in total. The second-order valence-electron chi connectivity index (χ2n) is 2.69. The molecule has 0 fully saturated rings. The molecule has 0 heterocycles. The Morgan fingerprint density at radius 2 is 1.67 bits per heavy atom. The number of methoxy groups -OCH3 is 2. The predicted octanol–water partition coefficient (Wildman–Crippen LogP) is 0.0132. The molecule has 4 heteroatoms. The topological polar surface area (TPSA) is 53.7 Å². The van der Waals surface area contributed by atoms with Gasteiger partial charge in [-0.1, -0.05) is 0 Å². The number of rotatable bonds is 7. The molecular weight excluding hydrogens is 158 g/mol. The first kappa shape index (κ1) is 11.8. The fraction of sp³-hybridized carbons (Fsp3) is 1.00. The highest BCUT2D eigenvalue weighted by Crippen LogP contribution is 2.10. The van der Waals surface area contributed by atoms with Crippen LogP contribution < -0.4 is 5.73 Å². The SMILES string of the molecule is CCOC(CN)(COC)COC. The van der Waals surface area contributed by atoms with Crippen LogP contribution in [0.15, 0.2) is 0 Å². The van der Waals surface area contributed by atoms with E-state index in [0.717, 1.165) is 0 Å². The molecule has 0 saturated heterocycles. The Labute approximate surface area is 74.0 Å². The number of nitrogens with two attached hydrogens (primary N) is 1. The molecule has 74 valence electrons. The van der Waals surface area contributed by atoms with Gasteiger partial charge in [0.05, 0.1) is 13.2 Å². The van der Waals surface area contributed by atoms with E-state index in [9.17, 15) is 0 Å². The summed E-state index contributed by atoms with van der Waals surface area (Å²) in [7, 11) is 3.25. The average Bonchev–Trinajstić information content (AvgIpc) is 2.06. The number of ether oxygens (including phenoxy) is 3. The third kappa shape index (κ3) is 3.49. The standard InChI is InChI=1S/C8H19NO3/c1-4-12-8(5-9,6-10-2)7-11-3/h4-7,9H2,1-3H3. The lowest BCUT2D eigenvalue weighted by Gasteiger charge is -2.30. The van der Waals surface area contributed by atoms with Crippen LogP contribution in [0.2, 0.25) is 0 Å². The Hall–Kier alpha value is -0.160. The zero-order chi connectivity index (χ0) is 9.45. The van der Waals surface area contributed by atoms with Crippen LogP contribution in [-0.2, 0) is 14.2 Å². The van der Waals surface area contributed by atoms with Gasteiger partial charge in [-0.15, -0.1) is 0 Å². The lowest BCUT2D eigenvalue weighted by molar-refractivity contribution is -0.113. The van der Waals surface area contributed by atoms with E-state index < -0.39 is 5.60 Å². The van der Waals surface area contributed by atoms with Crippen LogP contribution in [0, 0.1) is 0 Å². The fourth-order valence-electron chi connectivity index (χ4n) is 1.13.